The molecular weight excluding hydrogens is 188 g/mol. The van der Waals surface area contributed by atoms with Gasteiger partial charge in [-0.1, -0.05) is 25.2 Å². The predicted octanol–water partition coefficient (Wildman–Crippen LogP) is 2.76. The van der Waals surface area contributed by atoms with Crippen molar-refractivity contribution in [3.05, 3.63) is 30.1 Å². The standard InChI is InChI=1S/C11H16N4/c1-5-6-7-12-11-13-10(14-15-11)9(4)8(2)3/h5-7,9H,2H2,1,3-4H3,(H,13,14,15)/b6-5-,12-7?. The third kappa shape index (κ3) is 3.16. The minimum Gasteiger partial charge on any atom is -0.261 e. The van der Waals surface area contributed by atoms with E-state index in [-0.39, 0.29) is 5.92 Å². The average molecular weight is 204 g/mol. The molecule has 0 saturated heterocycles. The number of nitrogens with one attached hydrogen (secondary N) is 1. The van der Waals surface area contributed by atoms with Gasteiger partial charge < -0.3 is 0 Å². The molecule has 0 aliphatic heterocycles. The summed E-state index contributed by atoms with van der Waals surface area (Å²) in [6, 6.07) is 0. The minimum absolute atomic E-state index is 0.183. The Morgan fingerprint density at radius 3 is 2.93 bits per heavy atom. The average Bonchev–Trinajstić information content (AvgIpc) is 2.65. The number of aromatic amines is 1. The molecule has 4 nitrogen and oxygen atoms in total. The van der Waals surface area contributed by atoms with Crippen molar-refractivity contribution >= 4 is 12.2 Å². The number of rotatable bonds is 4. The summed E-state index contributed by atoms with van der Waals surface area (Å²) in [7, 11) is 0. The summed E-state index contributed by atoms with van der Waals surface area (Å²) < 4.78 is 0. The molecule has 0 bridgehead atoms. The second-order valence-electron chi connectivity index (χ2n) is 3.39. The Labute approximate surface area is 89.8 Å². The van der Waals surface area contributed by atoms with Crippen LogP contribution in [0, 0.1) is 0 Å². The summed E-state index contributed by atoms with van der Waals surface area (Å²) in [5.74, 6) is 1.44. The maximum atomic E-state index is 4.24. The van der Waals surface area contributed by atoms with E-state index in [0.29, 0.717) is 5.95 Å². The van der Waals surface area contributed by atoms with Crippen LogP contribution in [0.4, 0.5) is 5.95 Å². The second-order valence-corrected chi connectivity index (χ2v) is 3.39. The molecule has 1 rings (SSSR count). The van der Waals surface area contributed by atoms with E-state index >= 15 is 0 Å². The molecule has 0 saturated carbocycles. The van der Waals surface area contributed by atoms with E-state index in [9.17, 15) is 0 Å². The van der Waals surface area contributed by atoms with Crippen molar-refractivity contribution < 1.29 is 0 Å². The Balaban J connectivity index is 2.76. The van der Waals surface area contributed by atoms with Crippen molar-refractivity contribution in [1.29, 1.82) is 0 Å². The molecule has 1 aromatic heterocycles. The summed E-state index contributed by atoms with van der Waals surface area (Å²) in [5.41, 5.74) is 1.05. The van der Waals surface area contributed by atoms with E-state index in [2.05, 4.69) is 26.8 Å². The zero-order valence-electron chi connectivity index (χ0n) is 9.36. The minimum atomic E-state index is 0.183. The van der Waals surface area contributed by atoms with Gasteiger partial charge in [0.2, 0.25) is 0 Å². The van der Waals surface area contributed by atoms with Crippen molar-refractivity contribution in [1.82, 2.24) is 15.2 Å². The fourth-order valence-electron chi connectivity index (χ4n) is 0.946. The van der Waals surface area contributed by atoms with E-state index in [4.69, 9.17) is 0 Å². The van der Waals surface area contributed by atoms with Crippen molar-refractivity contribution in [2.45, 2.75) is 26.7 Å². The number of hydrogen-bond donors (Lipinski definition) is 1. The van der Waals surface area contributed by atoms with Gasteiger partial charge in [-0.25, -0.2) is 4.99 Å². The summed E-state index contributed by atoms with van der Waals surface area (Å²) in [6.07, 6.45) is 5.39. The van der Waals surface area contributed by atoms with Crippen LogP contribution in [0.3, 0.4) is 0 Å². The normalized spacial score (nSPS) is 13.8. The van der Waals surface area contributed by atoms with Crippen molar-refractivity contribution in [3.8, 4) is 0 Å². The van der Waals surface area contributed by atoms with Gasteiger partial charge in [0.05, 0.1) is 0 Å². The smallest absolute Gasteiger partial charge is 0.261 e. The molecular formula is C11H16N4. The van der Waals surface area contributed by atoms with E-state index in [0.717, 1.165) is 11.4 Å². The lowest BCUT2D eigenvalue weighted by atomic mass is 10.0. The van der Waals surface area contributed by atoms with Gasteiger partial charge in [-0.15, -0.1) is 5.10 Å². The SMILES string of the molecule is C=C(C)C(C)c1nc(N=C/C=C\C)n[nH]1. The highest BCUT2D eigenvalue weighted by Gasteiger charge is 2.10. The van der Waals surface area contributed by atoms with Gasteiger partial charge in [0, 0.05) is 12.1 Å². The fraction of sp³-hybridized carbons (Fsp3) is 0.364. The Bertz CT molecular complexity index is 387. The third-order valence-corrected chi connectivity index (χ3v) is 2.11. The third-order valence-electron chi connectivity index (χ3n) is 2.11. The quantitative estimate of drug-likeness (QED) is 0.605. The molecule has 0 aliphatic carbocycles. The lowest BCUT2D eigenvalue weighted by molar-refractivity contribution is 0.808. The Morgan fingerprint density at radius 1 is 1.60 bits per heavy atom. The first kappa shape index (κ1) is 11.4. The van der Waals surface area contributed by atoms with Gasteiger partial charge >= 0.3 is 0 Å². The van der Waals surface area contributed by atoms with Crippen LogP contribution in [0.15, 0.2) is 29.3 Å². The van der Waals surface area contributed by atoms with Gasteiger partial charge in [-0.2, -0.15) is 4.98 Å². The van der Waals surface area contributed by atoms with E-state index in [1.807, 2.05) is 32.9 Å². The van der Waals surface area contributed by atoms with Gasteiger partial charge in [0.25, 0.3) is 5.95 Å². The molecule has 80 valence electrons. The lowest BCUT2D eigenvalue weighted by Gasteiger charge is -2.04. The fourth-order valence-corrected chi connectivity index (χ4v) is 0.946. The largest absolute Gasteiger partial charge is 0.268 e. The summed E-state index contributed by atoms with van der Waals surface area (Å²) in [6.45, 7) is 9.81. The predicted molar refractivity (Wildman–Crippen MR) is 62.6 cm³/mol. The summed E-state index contributed by atoms with van der Waals surface area (Å²) in [4.78, 5) is 8.31. The van der Waals surface area contributed by atoms with Crippen LogP contribution in [0.5, 0.6) is 0 Å². The molecule has 1 aromatic rings. The number of aromatic nitrogens is 3. The summed E-state index contributed by atoms with van der Waals surface area (Å²) in [5, 5.41) is 6.84. The molecule has 1 atom stereocenters. The molecule has 0 fully saturated rings. The maximum Gasteiger partial charge on any atom is 0.268 e. The monoisotopic (exact) mass is 204 g/mol. The van der Waals surface area contributed by atoms with Crippen molar-refractivity contribution in [2.24, 2.45) is 4.99 Å². The number of allylic oxidation sites excluding steroid dienone is 3. The number of hydrogen-bond acceptors (Lipinski definition) is 3. The number of nitrogens with zero attached hydrogens (tertiary/aromatic N) is 3. The first-order valence-electron chi connectivity index (χ1n) is 4.88. The van der Waals surface area contributed by atoms with Crippen molar-refractivity contribution in [3.63, 3.8) is 0 Å². The van der Waals surface area contributed by atoms with Crippen LogP contribution in [0.25, 0.3) is 0 Å². The topological polar surface area (TPSA) is 53.9 Å². The van der Waals surface area contributed by atoms with Gasteiger partial charge in [0.1, 0.15) is 5.82 Å². The van der Waals surface area contributed by atoms with Crippen LogP contribution < -0.4 is 0 Å². The van der Waals surface area contributed by atoms with Crippen LogP contribution in [0.2, 0.25) is 0 Å². The van der Waals surface area contributed by atoms with E-state index in [1.54, 1.807) is 6.21 Å². The molecule has 1 N–H and O–H groups in total. The maximum absolute atomic E-state index is 4.24. The molecule has 0 radical (unpaired) electrons. The molecule has 0 amide bonds. The van der Waals surface area contributed by atoms with Crippen LogP contribution in [-0.2, 0) is 0 Å². The van der Waals surface area contributed by atoms with Gasteiger partial charge in [-0.3, -0.25) is 5.10 Å². The molecule has 15 heavy (non-hydrogen) atoms. The number of H-pyrrole nitrogens is 1. The zero-order valence-corrected chi connectivity index (χ0v) is 9.36. The highest BCUT2D eigenvalue weighted by atomic mass is 15.3. The molecule has 1 heterocycles. The summed E-state index contributed by atoms with van der Waals surface area (Å²) >= 11 is 0. The van der Waals surface area contributed by atoms with Crippen LogP contribution in [0.1, 0.15) is 32.5 Å². The molecule has 0 aliphatic rings. The Hall–Kier alpha value is -1.71. The Kier molecular flexibility index (Phi) is 3.97. The molecule has 1 unspecified atom stereocenters. The first-order valence-corrected chi connectivity index (χ1v) is 4.88. The molecule has 0 spiro atoms. The van der Waals surface area contributed by atoms with Crippen LogP contribution >= 0.6 is 0 Å². The molecule has 4 heteroatoms. The van der Waals surface area contributed by atoms with Gasteiger partial charge in [-0.05, 0) is 19.9 Å². The van der Waals surface area contributed by atoms with Gasteiger partial charge in [0.15, 0.2) is 0 Å². The zero-order chi connectivity index (χ0) is 11.3. The molecule has 0 aromatic carbocycles. The van der Waals surface area contributed by atoms with E-state index in [1.165, 1.54) is 0 Å². The highest BCUT2D eigenvalue weighted by molar-refractivity contribution is 5.72. The highest BCUT2D eigenvalue weighted by Crippen LogP contribution is 2.19. The Morgan fingerprint density at radius 2 is 2.33 bits per heavy atom. The van der Waals surface area contributed by atoms with Crippen LogP contribution in [-0.4, -0.2) is 21.4 Å². The second kappa shape index (κ2) is 5.24. The number of aliphatic imine (C=N–C) groups is 1. The van der Waals surface area contributed by atoms with Crippen molar-refractivity contribution in [2.75, 3.05) is 0 Å². The first-order chi connectivity index (χ1) is 7.15. The lowest BCUT2D eigenvalue weighted by Crippen LogP contribution is -1.96. The van der Waals surface area contributed by atoms with E-state index < -0.39 is 0 Å².